The molecule has 3 heteroatoms. The fourth-order valence-electron chi connectivity index (χ4n) is 3.47. The van der Waals surface area contributed by atoms with Crippen molar-refractivity contribution < 1.29 is 9.16 Å². The Balaban J connectivity index is 2.05. The molecule has 1 heterocycles. The second-order valence-electron chi connectivity index (χ2n) is 7.35. The molecule has 1 saturated heterocycles. The van der Waals surface area contributed by atoms with Gasteiger partial charge in [0.25, 0.3) is 8.32 Å². The molecule has 1 fully saturated rings. The molecule has 0 aliphatic carbocycles. The Morgan fingerprint density at radius 2 is 1.50 bits per heavy atom. The highest BCUT2D eigenvalue weighted by Gasteiger charge is 2.51. The smallest absolute Gasteiger partial charge is 0.261 e. The van der Waals surface area contributed by atoms with Gasteiger partial charge in [0.05, 0.1) is 6.61 Å². The molecule has 3 rings (SSSR count). The molecular formula is C21H26O2Si. The Hall–Kier alpha value is -1.68. The van der Waals surface area contributed by atoms with Crippen molar-refractivity contribution >= 4 is 18.7 Å². The van der Waals surface area contributed by atoms with E-state index in [1.807, 2.05) is 6.08 Å². The van der Waals surface area contributed by atoms with E-state index in [1.165, 1.54) is 10.4 Å². The predicted octanol–water partition coefficient (Wildman–Crippen LogP) is 3.52. The second kappa shape index (κ2) is 6.67. The number of epoxide rings is 1. The van der Waals surface area contributed by atoms with Gasteiger partial charge in [0.15, 0.2) is 0 Å². The molecule has 0 radical (unpaired) electrons. The highest BCUT2D eigenvalue weighted by Crippen LogP contribution is 2.37. The van der Waals surface area contributed by atoms with Gasteiger partial charge in [-0.2, -0.15) is 0 Å². The van der Waals surface area contributed by atoms with Crippen molar-refractivity contribution in [2.45, 2.75) is 38.0 Å². The molecule has 0 unspecified atom stereocenters. The standard InChI is InChI=1S/C21H26O2Si/c1-5-19-20(23-19)16-22-24(21(2,3)4,17-12-8-6-9-13-17)18-14-10-7-11-15-18/h5-15,19-20H,1,16H2,2-4H3/t19-,20+/m0/s1. The molecule has 2 atom stereocenters. The van der Waals surface area contributed by atoms with E-state index in [2.05, 4.69) is 88.0 Å². The van der Waals surface area contributed by atoms with E-state index in [9.17, 15) is 0 Å². The van der Waals surface area contributed by atoms with Crippen LogP contribution >= 0.6 is 0 Å². The van der Waals surface area contributed by atoms with Gasteiger partial charge in [0, 0.05) is 0 Å². The molecular weight excluding hydrogens is 312 g/mol. The summed E-state index contributed by atoms with van der Waals surface area (Å²) >= 11 is 0. The summed E-state index contributed by atoms with van der Waals surface area (Å²) in [7, 11) is -2.43. The summed E-state index contributed by atoms with van der Waals surface area (Å²) < 4.78 is 12.4. The first kappa shape index (κ1) is 17.2. The molecule has 0 N–H and O–H groups in total. The van der Waals surface area contributed by atoms with E-state index < -0.39 is 8.32 Å². The van der Waals surface area contributed by atoms with Gasteiger partial charge < -0.3 is 9.16 Å². The topological polar surface area (TPSA) is 21.8 Å². The Morgan fingerprint density at radius 3 is 1.88 bits per heavy atom. The zero-order valence-corrected chi connectivity index (χ0v) is 15.7. The van der Waals surface area contributed by atoms with Gasteiger partial charge in [0.1, 0.15) is 12.2 Å². The molecule has 2 aromatic rings. The molecule has 0 saturated carbocycles. The molecule has 24 heavy (non-hydrogen) atoms. The maximum Gasteiger partial charge on any atom is 0.261 e. The summed E-state index contributed by atoms with van der Waals surface area (Å²) in [6, 6.07) is 21.4. The Kier molecular flexibility index (Phi) is 4.77. The molecule has 0 bridgehead atoms. The lowest BCUT2D eigenvalue weighted by atomic mass is 10.2. The maximum atomic E-state index is 6.79. The largest absolute Gasteiger partial charge is 0.405 e. The van der Waals surface area contributed by atoms with Gasteiger partial charge in [-0.05, 0) is 15.4 Å². The zero-order chi connectivity index (χ0) is 17.2. The summed E-state index contributed by atoms with van der Waals surface area (Å²) in [5.74, 6) is 0. The first-order valence-electron chi connectivity index (χ1n) is 8.52. The van der Waals surface area contributed by atoms with Crippen LogP contribution < -0.4 is 10.4 Å². The van der Waals surface area contributed by atoms with Gasteiger partial charge in [-0.15, -0.1) is 6.58 Å². The Bertz CT molecular complexity index is 636. The highest BCUT2D eigenvalue weighted by atomic mass is 28.4. The molecule has 2 aromatic carbocycles. The molecule has 0 spiro atoms. The average molecular weight is 339 g/mol. The lowest BCUT2D eigenvalue weighted by Crippen LogP contribution is -2.66. The average Bonchev–Trinajstić information content (AvgIpc) is 3.35. The normalized spacial score (nSPS) is 20.6. The van der Waals surface area contributed by atoms with Gasteiger partial charge in [0.2, 0.25) is 0 Å². The fraction of sp³-hybridized carbons (Fsp3) is 0.333. The third-order valence-corrected chi connectivity index (χ3v) is 9.74. The van der Waals surface area contributed by atoms with Crippen LogP contribution in [0.15, 0.2) is 73.3 Å². The zero-order valence-electron chi connectivity index (χ0n) is 14.7. The second-order valence-corrected chi connectivity index (χ2v) is 11.7. The molecule has 1 aliphatic rings. The lowest BCUT2D eigenvalue weighted by molar-refractivity contribution is 0.249. The number of rotatable bonds is 6. The first-order valence-corrected chi connectivity index (χ1v) is 10.4. The van der Waals surface area contributed by atoms with Crippen LogP contribution in [-0.4, -0.2) is 27.1 Å². The number of benzene rings is 2. The van der Waals surface area contributed by atoms with Crippen LogP contribution in [0.25, 0.3) is 0 Å². The van der Waals surface area contributed by atoms with Crippen LogP contribution in [0.4, 0.5) is 0 Å². The van der Waals surface area contributed by atoms with Crippen molar-refractivity contribution in [3.8, 4) is 0 Å². The monoisotopic (exact) mass is 338 g/mol. The van der Waals surface area contributed by atoms with E-state index in [0.29, 0.717) is 6.61 Å². The van der Waals surface area contributed by atoms with E-state index in [4.69, 9.17) is 9.16 Å². The van der Waals surface area contributed by atoms with Gasteiger partial charge >= 0.3 is 0 Å². The lowest BCUT2D eigenvalue weighted by Gasteiger charge is -2.43. The summed E-state index contributed by atoms with van der Waals surface area (Å²) in [4.78, 5) is 0. The third-order valence-electron chi connectivity index (χ3n) is 4.73. The van der Waals surface area contributed by atoms with Crippen LogP contribution in [-0.2, 0) is 9.16 Å². The highest BCUT2D eigenvalue weighted by molar-refractivity contribution is 6.99. The van der Waals surface area contributed by atoms with Crippen LogP contribution in [0.3, 0.4) is 0 Å². The first-order chi connectivity index (χ1) is 11.5. The summed E-state index contributed by atoms with van der Waals surface area (Å²) in [5.41, 5.74) is 0. The van der Waals surface area contributed by atoms with E-state index in [1.54, 1.807) is 0 Å². The minimum atomic E-state index is -2.43. The van der Waals surface area contributed by atoms with Crippen LogP contribution in [0.5, 0.6) is 0 Å². The SMILES string of the molecule is C=C[C@@H]1O[C@@H]1CO[Si](c1ccccc1)(c1ccccc1)C(C)(C)C. The minimum Gasteiger partial charge on any atom is -0.405 e. The molecule has 126 valence electrons. The van der Waals surface area contributed by atoms with Crippen LogP contribution in [0.2, 0.25) is 5.04 Å². The predicted molar refractivity (Wildman–Crippen MR) is 102 cm³/mol. The number of hydrogen-bond acceptors (Lipinski definition) is 2. The van der Waals surface area contributed by atoms with Crippen molar-refractivity contribution in [2.24, 2.45) is 0 Å². The summed E-state index contributed by atoms with van der Waals surface area (Å²) in [6.07, 6.45) is 2.15. The molecule has 2 nitrogen and oxygen atoms in total. The molecule has 1 aliphatic heterocycles. The van der Waals surface area contributed by atoms with Crippen molar-refractivity contribution in [2.75, 3.05) is 6.61 Å². The minimum absolute atomic E-state index is 0.00821. The van der Waals surface area contributed by atoms with Crippen LogP contribution in [0, 0.1) is 0 Å². The Labute approximate surface area is 146 Å². The van der Waals surface area contributed by atoms with Gasteiger partial charge in [-0.1, -0.05) is 87.5 Å². The number of hydrogen-bond donors (Lipinski definition) is 0. The summed E-state index contributed by atoms with van der Waals surface area (Å²) in [6.45, 7) is 11.3. The summed E-state index contributed by atoms with van der Waals surface area (Å²) in [5, 5.41) is 2.62. The van der Waals surface area contributed by atoms with Crippen LogP contribution in [0.1, 0.15) is 20.8 Å². The number of ether oxygens (including phenoxy) is 1. The third kappa shape index (κ3) is 3.12. The maximum absolute atomic E-state index is 6.79. The fourth-order valence-corrected chi connectivity index (χ4v) is 8.04. The van der Waals surface area contributed by atoms with Crippen molar-refractivity contribution in [3.63, 3.8) is 0 Å². The van der Waals surface area contributed by atoms with Crippen molar-refractivity contribution in [3.05, 3.63) is 73.3 Å². The van der Waals surface area contributed by atoms with Crippen molar-refractivity contribution in [1.29, 1.82) is 0 Å². The van der Waals surface area contributed by atoms with Gasteiger partial charge in [-0.25, -0.2) is 0 Å². The van der Waals surface area contributed by atoms with E-state index in [0.717, 1.165) is 0 Å². The van der Waals surface area contributed by atoms with Crippen molar-refractivity contribution in [1.82, 2.24) is 0 Å². The van der Waals surface area contributed by atoms with E-state index >= 15 is 0 Å². The molecule has 0 aromatic heterocycles. The van der Waals surface area contributed by atoms with E-state index in [-0.39, 0.29) is 17.2 Å². The van der Waals surface area contributed by atoms with Gasteiger partial charge in [-0.3, -0.25) is 0 Å². The Morgan fingerprint density at radius 1 is 1.00 bits per heavy atom. The molecule has 0 amide bonds. The quantitative estimate of drug-likeness (QED) is 0.457.